The van der Waals surface area contributed by atoms with Crippen molar-refractivity contribution in [1.29, 1.82) is 0 Å². The molecule has 3 atom stereocenters. The molecule has 8 rings (SSSR count). The van der Waals surface area contributed by atoms with Crippen molar-refractivity contribution in [2.24, 2.45) is 10.2 Å². The van der Waals surface area contributed by atoms with E-state index in [2.05, 4.69) is 35.5 Å². The third kappa shape index (κ3) is 4.22. The van der Waals surface area contributed by atoms with Gasteiger partial charge >= 0.3 is 0 Å². The molecule has 0 amide bonds. The fourth-order valence-corrected chi connectivity index (χ4v) is 7.91. The Balaban J connectivity index is 1.40. The number of Topliss-reactive ketones (excluding diaryl/α,β-unsaturated/α-hetero) is 1. The van der Waals surface area contributed by atoms with Gasteiger partial charge in [0.1, 0.15) is 29.1 Å². The molecule has 4 aromatic rings. The number of ketones is 1. The van der Waals surface area contributed by atoms with Gasteiger partial charge in [-0.25, -0.2) is 4.39 Å². The third-order valence-electron chi connectivity index (χ3n) is 9.74. The molecule has 0 saturated heterocycles. The summed E-state index contributed by atoms with van der Waals surface area (Å²) in [4.78, 5) is 14.7. The summed E-state index contributed by atoms with van der Waals surface area (Å²) in [5, 5.41) is 9.06. The minimum Gasteiger partial charge on any atom is -0.457 e. The van der Waals surface area contributed by atoms with Gasteiger partial charge in [0.05, 0.1) is 11.3 Å². The Kier molecular flexibility index (Phi) is 6.48. The van der Waals surface area contributed by atoms with Crippen molar-refractivity contribution in [3.8, 4) is 11.5 Å². The monoisotopic (exact) mass is 578 g/mol. The molecule has 0 spiro atoms. The zero-order valence-electron chi connectivity index (χ0n) is 24.2. The van der Waals surface area contributed by atoms with E-state index in [9.17, 15) is 9.18 Å². The molecule has 4 aromatic carbocycles. The molecule has 1 aliphatic heterocycles. The predicted molar refractivity (Wildman–Crippen MR) is 169 cm³/mol. The fraction of sp³-hybridized carbons (Fsp3) is 0.205. The fourth-order valence-electron chi connectivity index (χ4n) is 7.91. The van der Waals surface area contributed by atoms with Crippen LogP contribution in [0.2, 0.25) is 0 Å². The van der Waals surface area contributed by atoms with Crippen molar-refractivity contribution in [3.63, 3.8) is 0 Å². The van der Waals surface area contributed by atoms with Gasteiger partial charge in [-0.3, -0.25) is 4.79 Å². The summed E-state index contributed by atoms with van der Waals surface area (Å²) in [5.41, 5.74) is 8.27. The Morgan fingerprint density at radius 3 is 2.50 bits per heavy atom. The SMILES string of the molecule is O=C1Cc2c(ccc3c2CCC2=C3C=CCC2)C(c2cccc(Oc3ccccc3)c2)(C2C=CN=N2)C1c1ccc(F)cc1. The number of para-hydroxylation sites is 1. The number of halogens is 1. The van der Waals surface area contributed by atoms with E-state index < -0.39 is 17.4 Å². The number of carbonyl (C=O) groups excluding carboxylic acids is 1. The average molecular weight is 579 g/mol. The highest BCUT2D eigenvalue weighted by Crippen LogP contribution is 2.56. The number of nitrogens with zero attached hydrogens (tertiary/aromatic N) is 2. The molecule has 4 nitrogen and oxygen atoms in total. The molecule has 0 bridgehead atoms. The predicted octanol–water partition coefficient (Wildman–Crippen LogP) is 9.21. The zero-order chi connectivity index (χ0) is 29.7. The molecule has 0 saturated carbocycles. The summed E-state index contributed by atoms with van der Waals surface area (Å²) < 4.78 is 20.6. The summed E-state index contributed by atoms with van der Waals surface area (Å²) >= 11 is 0. The molecular formula is C39H31FN2O2. The Bertz CT molecular complexity index is 1890. The number of allylic oxidation sites excluding steroid dienone is 4. The quantitative estimate of drug-likeness (QED) is 0.237. The van der Waals surface area contributed by atoms with Gasteiger partial charge in [0.2, 0.25) is 0 Å². The number of azo groups is 1. The van der Waals surface area contributed by atoms with Crippen LogP contribution in [0, 0.1) is 5.82 Å². The van der Waals surface area contributed by atoms with Crippen LogP contribution in [0.3, 0.4) is 0 Å². The van der Waals surface area contributed by atoms with Crippen LogP contribution in [0.5, 0.6) is 11.5 Å². The second-order valence-electron chi connectivity index (χ2n) is 12.0. The van der Waals surface area contributed by atoms with Crippen LogP contribution in [-0.2, 0) is 23.1 Å². The second kappa shape index (κ2) is 10.7. The van der Waals surface area contributed by atoms with E-state index in [0.717, 1.165) is 53.7 Å². The number of hydrogen-bond donors (Lipinski definition) is 0. The van der Waals surface area contributed by atoms with E-state index in [1.165, 1.54) is 34.4 Å². The molecule has 3 unspecified atom stereocenters. The first-order valence-corrected chi connectivity index (χ1v) is 15.4. The first-order chi connectivity index (χ1) is 21.6. The molecule has 1 heterocycles. The van der Waals surface area contributed by atoms with Crippen LogP contribution in [0.15, 0.2) is 131 Å². The van der Waals surface area contributed by atoms with E-state index in [1.807, 2.05) is 54.6 Å². The van der Waals surface area contributed by atoms with E-state index in [1.54, 1.807) is 18.3 Å². The van der Waals surface area contributed by atoms with Crippen LogP contribution < -0.4 is 4.74 Å². The van der Waals surface area contributed by atoms with Gasteiger partial charge in [0, 0.05) is 12.6 Å². The first-order valence-electron chi connectivity index (χ1n) is 15.4. The minimum absolute atomic E-state index is 0.0985. The number of carbonyl (C=O) groups is 1. The van der Waals surface area contributed by atoms with Crippen molar-refractivity contribution in [3.05, 3.63) is 160 Å². The van der Waals surface area contributed by atoms with E-state index in [4.69, 9.17) is 9.85 Å². The zero-order valence-corrected chi connectivity index (χ0v) is 24.2. The smallest absolute Gasteiger partial charge is 0.146 e. The highest BCUT2D eigenvalue weighted by atomic mass is 19.1. The number of ether oxygens (including phenoxy) is 1. The average Bonchev–Trinajstić information content (AvgIpc) is 3.61. The van der Waals surface area contributed by atoms with E-state index >= 15 is 0 Å². The van der Waals surface area contributed by atoms with Gasteiger partial charge in [-0.1, -0.05) is 72.3 Å². The minimum atomic E-state index is -0.929. The lowest BCUT2D eigenvalue weighted by Gasteiger charge is -2.48. The summed E-state index contributed by atoms with van der Waals surface area (Å²) in [6.07, 6.45) is 12.7. The molecular weight excluding hydrogens is 547 g/mol. The molecule has 4 aliphatic rings. The number of hydrogen-bond acceptors (Lipinski definition) is 4. The van der Waals surface area contributed by atoms with E-state index in [0.29, 0.717) is 12.2 Å². The maximum absolute atomic E-state index is 14.7. The third-order valence-corrected chi connectivity index (χ3v) is 9.74. The van der Waals surface area contributed by atoms with Crippen LogP contribution in [-0.4, -0.2) is 11.8 Å². The summed E-state index contributed by atoms with van der Waals surface area (Å²) in [5.74, 6) is 0.555. The van der Waals surface area contributed by atoms with Crippen LogP contribution in [0.4, 0.5) is 4.39 Å². The molecule has 0 aromatic heterocycles. The van der Waals surface area contributed by atoms with Gasteiger partial charge in [-0.15, -0.1) is 0 Å². The van der Waals surface area contributed by atoms with Crippen molar-refractivity contribution < 1.29 is 13.9 Å². The number of benzene rings is 4. The summed E-state index contributed by atoms with van der Waals surface area (Å²) in [7, 11) is 0. The Morgan fingerprint density at radius 1 is 0.841 bits per heavy atom. The topological polar surface area (TPSA) is 51.0 Å². The lowest BCUT2D eigenvalue weighted by Crippen LogP contribution is -2.51. The highest BCUT2D eigenvalue weighted by Gasteiger charge is 2.56. The van der Waals surface area contributed by atoms with Crippen LogP contribution in [0.25, 0.3) is 5.57 Å². The summed E-state index contributed by atoms with van der Waals surface area (Å²) in [6, 6.07) is 28.1. The molecule has 3 aliphatic carbocycles. The molecule has 0 radical (unpaired) electrons. The summed E-state index contributed by atoms with van der Waals surface area (Å²) in [6.45, 7) is 0. The molecule has 216 valence electrons. The van der Waals surface area contributed by atoms with Gasteiger partial charge < -0.3 is 4.74 Å². The Morgan fingerprint density at radius 2 is 1.68 bits per heavy atom. The molecule has 44 heavy (non-hydrogen) atoms. The maximum Gasteiger partial charge on any atom is 0.146 e. The Labute approximate surface area is 256 Å². The second-order valence-corrected chi connectivity index (χ2v) is 12.0. The van der Waals surface area contributed by atoms with Gasteiger partial charge in [-0.05, 0) is 107 Å². The molecule has 0 N–H and O–H groups in total. The number of fused-ring (bicyclic) bond motifs is 4. The molecule has 5 heteroatoms. The molecule has 0 fully saturated rings. The van der Waals surface area contributed by atoms with Gasteiger partial charge in [0.15, 0.2) is 0 Å². The maximum atomic E-state index is 14.7. The van der Waals surface area contributed by atoms with Gasteiger partial charge in [0.25, 0.3) is 0 Å². The van der Waals surface area contributed by atoms with Crippen molar-refractivity contribution in [2.45, 2.75) is 49.5 Å². The van der Waals surface area contributed by atoms with Crippen molar-refractivity contribution in [2.75, 3.05) is 0 Å². The number of rotatable bonds is 5. The van der Waals surface area contributed by atoms with Gasteiger partial charge in [-0.2, -0.15) is 10.2 Å². The lowest BCUT2D eigenvalue weighted by molar-refractivity contribution is -0.122. The van der Waals surface area contributed by atoms with Crippen LogP contribution >= 0.6 is 0 Å². The largest absolute Gasteiger partial charge is 0.457 e. The normalized spacial score (nSPS) is 23.3. The van der Waals surface area contributed by atoms with Crippen LogP contribution in [0.1, 0.15) is 58.6 Å². The van der Waals surface area contributed by atoms with Crippen molar-refractivity contribution in [1.82, 2.24) is 0 Å². The highest BCUT2D eigenvalue weighted by molar-refractivity contribution is 5.95. The lowest BCUT2D eigenvalue weighted by atomic mass is 9.53. The standard InChI is InChI=1S/C39H31FN2O2/c40-28-16-13-26(14-17-28)38-36(43)24-34-33-18-15-25-7-4-5-12-31(25)32(33)19-20-35(34)39(38,37-21-22-41-42-37)27-8-6-11-30(23-27)44-29-9-2-1-3-10-29/h1-3,5-6,8-14,16-17,19-23,37-38H,4,7,15,18,24H2. The first kappa shape index (κ1) is 26.7. The van der Waals surface area contributed by atoms with E-state index in [-0.39, 0.29) is 11.6 Å². The van der Waals surface area contributed by atoms with Crippen molar-refractivity contribution >= 4 is 11.4 Å². The Hall–Kier alpha value is -4.90.